The first-order chi connectivity index (χ1) is 11.3. The van der Waals surface area contributed by atoms with Gasteiger partial charge in [0.1, 0.15) is 5.75 Å². The smallest absolute Gasteiger partial charge is 0.260 e. The van der Waals surface area contributed by atoms with Crippen LogP contribution in [-0.4, -0.2) is 49.4 Å². The normalized spacial score (nSPS) is 17.5. The number of piperidine rings is 1. The lowest BCUT2D eigenvalue weighted by Crippen LogP contribution is -2.45. The van der Waals surface area contributed by atoms with Crippen molar-refractivity contribution >= 4 is 27.3 Å². The Hall–Kier alpha value is -1.27. The average molecular weight is 374 g/mol. The Morgan fingerprint density at radius 2 is 1.88 bits per heavy atom. The number of rotatable bonds is 6. The first-order valence-corrected chi connectivity index (χ1v) is 10.2. The van der Waals surface area contributed by atoms with E-state index in [1.54, 1.807) is 36.1 Å². The highest BCUT2D eigenvalue weighted by Gasteiger charge is 2.34. The maximum atomic E-state index is 12.4. The molecule has 1 atom stereocenters. The summed E-state index contributed by atoms with van der Waals surface area (Å²) in [5, 5.41) is -0.0510. The SMILES string of the molecule is CCC(C)S(=O)(=O)C1CCN(C(=O)COc2ccc(Cl)cc2)CC1. The van der Waals surface area contributed by atoms with Crippen LogP contribution in [0.25, 0.3) is 0 Å². The van der Waals surface area contributed by atoms with Crippen LogP contribution in [0.4, 0.5) is 0 Å². The van der Waals surface area contributed by atoms with Crippen molar-refractivity contribution in [3.05, 3.63) is 29.3 Å². The molecule has 1 amide bonds. The van der Waals surface area contributed by atoms with Crippen LogP contribution in [0.15, 0.2) is 24.3 Å². The average Bonchev–Trinajstić information content (AvgIpc) is 2.60. The molecule has 5 nitrogen and oxygen atoms in total. The predicted octanol–water partition coefficient (Wildman–Crippen LogP) is 2.92. The Kier molecular flexibility index (Phi) is 6.52. The highest BCUT2D eigenvalue weighted by Crippen LogP contribution is 2.23. The van der Waals surface area contributed by atoms with Gasteiger partial charge in [-0.05, 0) is 50.5 Å². The van der Waals surface area contributed by atoms with Gasteiger partial charge in [0.05, 0.1) is 10.5 Å². The maximum Gasteiger partial charge on any atom is 0.260 e. The van der Waals surface area contributed by atoms with Gasteiger partial charge in [-0.25, -0.2) is 8.42 Å². The fraction of sp³-hybridized carbons (Fsp3) is 0.588. The van der Waals surface area contributed by atoms with Crippen LogP contribution >= 0.6 is 11.6 Å². The largest absolute Gasteiger partial charge is 0.484 e. The zero-order chi connectivity index (χ0) is 17.7. The van der Waals surface area contributed by atoms with Gasteiger partial charge in [0.25, 0.3) is 5.91 Å². The van der Waals surface area contributed by atoms with Crippen LogP contribution in [0.1, 0.15) is 33.1 Å². The van der Waals surface area contributed by atoms with E-state index in [1.165, 1.54) is 0 Å². The number of halogens is 1. The Morgan fingerprint density at radius 1 is 1.29 bits per heavy atom. The molecule has 0 aliphatic carbocycles. The molecule has 1 aromatic rings. The van der Waals surface area contributed by atoms with E-state index in [0.717, 1.165) is 0 Å². The number of sulfone groups is 1. The number of carbonyl (C=O) groups is 1. The summed E-state index contributed by atoms with van der Waals surface area (Å²) in [5.41, 5.74) is 0. The van der Waals surface area contributed by atoms with Crippen LogP contribution in [0.3, 0.4) is 0 Å². The second kappa shape index (κ2) is 8.21. The van der Waals surface area contributed by atoms with E-state index in [2.05, 4.69) is 0 Å². The summed E-state index contributed by atoms with van der Waals surface area (Å²) < 4.78 is 30.2. The minimum absolute atomic E-state index is 0.0512. The highest BCUT2D eigenvalue weighted by molar-refractivity contribution is 7.92. The minimum Gasteiger partial charge on any atom is -0.484 e. The second-order valence-corrected chi connectivity index (χ2v) is 9.22. The van der Waals surface area contributed by atoms with Crippen LogP contribution in [0.2, 0.25) is 5.02 Å². The van der Waals surface area contributed by atoms with Crippen molar-refractivity contribution in [1.82, 2.24) is 4.90 Å². The van der Waals surface area contributed by atoms with E-state index in [-0.39, 0.29) is 23.0 Å². The number of carbonyl (C=O) groups excluding carboxylic acids is 1. The molecule has 1 unspecified atom stereocenters. The highest BCUT2D eigenvalue weighted by atomic mass is 35.5. The molecule has 0 bridgehead atoms. The minimum atomic E-state index is -3.10. The molecule has 1 saturated heterocycles. The zero-order valence-electron chi connectivity index (χ0n) is 14.1. The molecule has 1 aliphatic rings. The van der Waals surface area contributed by atoms with Crippen LogP contribution in [0.5, 0.6) is 5.75 Å². The van der Waals surface area contributed by atoms with Crippen LogP contribution in [0, 0.1) is 0 Å². The summed E-state index contributed by atoms with van der Waals surface area (Å²) in [5.74, 6) is 0.464. The Morgan fingerprint density at radius 3 is 2.42 bits per heavy atom. The van der Waals surface area contributed by atoms with Gasteiger partial charge in [0.15, 0.2) is 16.4 Å². The Balaban J connectivity index is 1.83. The van der Waals surface area contributed by atoms with Crippen molar-refractivity contribution in [1.29, 1.82) is 0 Å². The van der Waals surface area contributed by atoms with Gasteiger partial charge in [-0.2, -0.15) is 0 Å². The maximum absolute atomic E-state index is 12.4. The Bertz CT molecular complexity index is 652. The van der Waals surface area contributed by atoms with Gasteiger partial charge < -0.3 is 9.64 Å². The molecule has 1 heterocycles. The summed E-state index contributed by atoms with van der Waals surface area (Å²) in [7, 11) is -3.10. The number of likely N-dealkylation sites (tertiary alicyclic amines) is 1. The number of hydrogen-bond donors (Lipinski definition) is 0. The van der Waals surface area contributed by atoms with Gasteiger partial charge in [0, 0.05) is 18.1 Å². The summed E-state index contributed by atoms with van der Waals surface area (Å²) >= 11 is 5.80. The van der Waals surface area contributed by atoms with Crippen molar-refractivity contribution in [2.45, 2.75) is 43.6 Å². The van der Waals surface area contributed by atoms with E-state index in [4.69, 9.17) is 16.3 Å². The van der Waals surface area contributed by atoms with Crippen molar-refractivity contribution in [2.24, 2.45) is 0 Å². The van der Waals surface area contributed by atoms with Crippen LogP contribution in [-0.2, 0) is 14.6 Å². The molecule has 134 valence electrons. The second-order valence-electron chi connectivity index (χ2n) is 6.13. The molecule has 1 aliphatic heterocycles. The first kappa shape index (κ1) is 19.1. The summed E-state index contributed by atoms with van der Waals surface area (Å²) in [4.78, 5) is 13.9. The van der Waals surface area contributed by atoms with Gasteiger partial charge in [-0.15, -0.1) is 0 Å². The lowest BCUT2D eigenvalue weighted by molar-refractivity contribution is -0.134. The monoisotopic (exact) mass is 373 g/mol. The van der Waals surface area contributed by atoms with E-state index in [0.29, 0.717) is 43.1 Å². The number of ether oxygens (including phenoxy) is 1. The number of nitrogens with zero attached hydrogens (tertiary/aromatic N) is 1. The van der Waals surface area contributed by atoms with Gasteiger partial charge in [-0.1, -0.05) is 18.5 Å². The third-order valence-electron chi connectivity index (χ3n) is 4.57. The first-order valence-electron chi connectivity index (χ1n) is 8.23. The van der Waals surface area contributed by atoms with Crippen molar-refractivity contribution in [3.8, 4) is 5.75 Å². The lowest BCUT2D eigenvalue weighted by Gasteiger charge is -2.32. The summed E-state index contributed by atoms with van der Waals surface area (Å²) in [6.07, 6.45) is 1.62. The number of hydrogen-bond acceptors (Lipinski definition) is 4. The third-order valence-corrected chi connectivity index (χ3v) is 7.68. The summed E-state index contributed by atoms with van der Waals surface area (Å²) in [6, 6.07) is 6.82. The number of amides is 1. The van der Waals surface area contributed by atoms with Gasteiger partial charge in [0.2, 0.25) is 0 Å². The van der Waals surface area contributed by atoms with Crippen molar-refractivity contribution in [3.63, 3.8) is 0 Å². The van der Waals surface area contributed by atoms with Gasteiger partial charge >= 0.3 is 0 Å². The molecular weight excluding hydrogens is 350 g/mol. The van der Waals surface area contributed by atoms with E-state index in [1.807, 2.05) is 6.92 Å². The molecule has 0 N–H and O–H groups in total. The fourth-order valence-electron chi connectivity index (χ4n) is 2.76. The van der Waals surface area contributed by atoms with E-state index in [9.17, 15) is 13.2 Å². The molecule has 1 fully saturated rings. The van der Waals surface area contributed by atoms with E-state index >= 15 is 0 Å². The van der Waals surface area contributed by atoms with E-state index < -0.39 is 9.84 Å². The lowest BCUT2D eigenvalue weighted by atomic mass is 10.1. The fourth-order valence-corrected chi connectivity index (χ4v) is 4.88. The topological polar surface area (TPSA) is 63.7 Å². The molecule has 1 aromatic carbocycles. The quantitative estimate of drug-likeness (QED) is 0.769. The Labute approximate surface area is 148 Å². The molecule has 2 rings (SSSR count). The molecule has 0 saturated carbocycles. The van der Waals surface area contributed by atoms with Crippen molar-refractivity contribution in [2.75, 3.05) is 19.7 Å². The zero-order valence-corrected chi connectivity index (χ0v) is 15.6. The van der Waals surface area contributed by atoms with Crippen LogP contribution < -0.4 is 4.74 Å². The molecular formula is C17H24ClNO4S. The molecule has 7 heteroatoms. The van der Waals surface area contributed by atoms with Gasteiger partial charge in [-0.3, -0.25) is 4.79 Å². The third kappa shape index (κ3) is 4.63. The predicted molar refractivity (Wildman–Crippen MR) is 95.2 cm³/mol. The summed E-state index contributed by atoms with van der Waals surface area (Å²) in [6.45, 7) is 4.51. The van der Waals surface area contributed by atoms with Crippen molar-refractivity contribution < 1.29 is 17.9 Å². The molecule has 0 aromatic heterocycles. The molecule has 0 radical (unpaired) electrons. The molecule has 0 spiro atoms. The number of benzene rings is 1. The standard InChI is InChI=1S/C17H24ClNO4S/c1-3-13(2)24(21,22)16-8-10-19(11-9-16)17(20)12-23-15-6-4-14(18)5-7-15/h4-7,13,16H,3,8-12H2,1-2H3. The molecule has 24 heavy (non-hydrogen) atoms.